The highest BCUT2D eigenvalue weighted by Gasteiger charge is 1.97. The third-order valence-corrected chi connectivity index (χ3v) is 3.60. The molecule has 0 radical (unpaired) electrons. The standard InChI is InChI=1S/C12H8FIS/c13-9-1-5-11(6-2-9)15-12-7-3-10(14)4-8-12/h1-8H. The van der Waals surface area contributed by atoms with Gasteiger partial charge >= 0.3 is 0 Å². The quantitative estimate of drug-likeness (QED) is 0.726. The van der Waals surface area contributed by atoms with Crippen molar-refractivity contribution in [1.82, 2.24) is 0 Å². The molecule has 0 bridgehead atoms. The summed E-state index contributed by atoms with van der Waals surface area (Å²) in [6.07, 6.45) is 0. The van der Waals surface area contributed by atoms with E-state index in [9.17, 15) is 4.39 Å². The number of hydrogen-bond acceptors (Lipinski definition) is 1. The highest BCUT2D eigenvalue weighted by atomic mass is 127. The van der Waals surface area contributed by atoms with Crippen molar-refractivity contribution >= 4 is 34.4 Å². The summed E-state index contributed by atoms with van der Waals surface area (Å²) in [5.74, 6) is -0.193. The van der Waals surface area contributed by atoms with Crippen molar-refractivity contribution < 1.29 is 4.39 Å². The Morgan fingerprint density at radius 2 is 1.27 bits per heavy atom. The van der Waals surface area contributed by atoms with Gasteiger partial charge in [0.2, 0.25) is 0 Å². The zero-order valence-electron chi connectivity index (χ0n) is 7.78. The van der Waals surface area contributed by atoms with Gasteiger partial charge < -0.3 is 0 Å². The predicted molar refractivity (Wildman–Crippen MR) is 69.7 cm³/mol. The average Bonchev–Trinajstić information content (AvgIpc) is 2.25. The van der Waals surface area contributed by atoms with Gasteiger partial charge in [0.25, 0.3) is 0 Å². The van der Waals surface area contributed by atoms with Crippen LogP contribution < -0.4 is 0 Å². The Labute approximate surface area is 106 Å². The minimum absolute atomic E-state index is 0.193. The van der Waals surface area contributed by atoms with Gasteiger partial charge in [-0.15, -0.1) is 0 Å². The molecular weight excluding hydrogens is 322 g/mol. The van der Waals surface area contributed by atoms with Crippen molar-refractivity contribution in [3.8, 4) is 0 Å². The molecule has 0 heterocycles. The molecule has 0 nitrogen and oxygen atoms in total. The summed E-state index contributed by atoms with van der Waals surface area (Å²) in [5.41, 5.74) is 0. The number of rotatable bonds is 2. The highest BCUT2D eigenvalue weighted by molar-refractivity contribution is 14.1. The first kappa shape index (κ1) is 11.0. The third-order valence-electron chi connectivity index (χ3n) is 1.86. The monoisotopic (exact) mass is 330 g/mol. The predicted octanol–water partition coefficient (Wildman–Crippen LogP) is 4.58. The molecular formula is C12H8FIS. The number of benzene rings is 2. The van der Waals surface area contributed by atoms with Gasteiger partial charge in [-0.25, -0.2) is 4.39 Å². The van der Waals surface area contributed by atoms with Crippen LogP contribution in [0.5, 0.6) is 0 Å². The molecule has 0 aliphatic carbocycles. The Hall–Kier alpha value is -0.550. The molecule has 2 aromatic rings. The summed E-state index contributed by atoms with van der Waals surface area (Å²) in [6, 6.07) is 14.8. The Bertz CT molecular complexity index is 393. The van der Waals surface area contributed by atoms with Gasteiger partial charge in [-0.1, -0.05) is 11.8 Å². The summed E-state index contributed by atoms with van der Waals surface area (Å²) in [5, 5.41) is 0. The Morgan fingerprint density at radius 3 is 1.80 bits per heavy atom. The topological polar surface area (TPSA) is 0 Å². The van der Waals surface area contributed by atoms with Gasteiger partial charge in [0.1, 0.15) is 5.82 Å². The van der Waals surface area contributed by atoms with Crippen LogP contribution in [0.2, 0.25) is 0 Å². The van der Waals surface area contributed by atoms with Crippen molar-refractivity contribution in [2.24, 2.45) is 0 Å². The molecule has 0 atom stereocenters. The van der Waals surface area contributed by atoms with Crippen LogP contribution in [-0.2, 0) is 0 Å². The van der Waals surface area contributed by atoms with Crippen molar-refractivity contribution in [1.29, 1.82) is 0 Å². The van der Waals surface area contributed by atoms with E-state index < -0.39 is 0 Å². The first-order valence-electron chi connectivity index (χ1n) is 4.43. The molecule has 2 aromatic carbocycles. The van der Waals surface area contributed by atoms with Gasteiger partial charge in [-0.2, -0.15) is 0 Å². The first-order chi connectivity index (χ1) is 7.24. The molecule has 0 aliphatic rings. The highest BCUT2D eigenvalue weighted by Crippen LogP contribution is 2.27. The molecule has 2 rings (SSSR count). The van der Waals surface area contributed by atoms with E-state index in [1.54, 1.807) is 23.9 Å². The van der Waals surface area contributed by atoms with Crippen molar-refractivity contribution in [2.75, 3.05) is 0 Å². The van der Waals surface area contributed by atoms with E-state index in [0.717, 1.165) is 4.90 Å². The van der Waals surface area contributed by atoms with Crippen LogP contribution in [0.4, 0.5) is 4.39 Å². The molecule has 0 unspecified atom stereocenters. The van der Waals surface area contributed by atoms with Crippen molar-refractivity contribution in [3.05, 3.63) is 57.9 Å². The van der Waals surface area contributed by atoms with Crippen LogP contribution in [-0.4, -0.2) is 0 Å². The lowest BCUT2D eigenvalue weighted by Crippen LogP contribution is -1.76. The van der Waals surface area contributed by atoms with Crippen molar-refractivity contribution in [2.45, 2.75) is 9.79 Å². The van der Waals surface area contributed by atoms with Gasteiger partial charge in [0, 0.05) is 13.4 Å². The van der Waals surface area contributed by atoms with E-state index in [-0.39, 0.29) is 5.82 Å². The fraction of sp³-hybridized carbons (Fsp3) is 0. The summed E-state index contributed by atoms with van der Waals surface area (Å²) >= 11 is 3.91. The Kier molecular flexibility index (Phi) is 3.64. The molecule has 0 aliphatic heterocycles. The minimum atomic E-state index is -0.193. The first-order valence-corrected chi connectivity index (χ1v) is 6.32. The van der Waals surface area contributed by atoms with E-state index in [2.05, 4.69) is 46.9 Å². The van der Waals surface area contributed by atoms with E-state index in [0.29, 0.717) is 0 Å². The second kappa shape index (κ2) is 4.99. The molecule has 0 spiro atoms. The molecule has 0 saturated heterocycles. The molecule has 0 N–H and O–H groups in total. The van der Waals surface area contributed by atoms with Crippen LogP contribution in [0, 0.1) is 9.39 Å². The van der Waals surface area contributed by atoms with Crippen LogP contribution in [0.1, 0.15) is 0 Å². The van der Waals surface area contributed by atoms with E-state index in [1.165, 1.54) is 20.6 Å². The number of hydrogen-bond donors (Lipinski definition) is 0. The molecule has 0 amide bonds. The third kappa shape index (κ3) is 3.21. The number of halogens is 2. The second-order valence-electron chi connectivity index (χ2n) is 3.01. The zero-order chi connectivity index (χ0) is 10.7. The summed E-state index contributed by atoms with van der Waals surface area (Å²) in [4.78, 5) is 2.22. The molecule has 76 valence electrons. The normalized spacial score (nSPS) is 10.3. The lowest BCUT2D eigenvalue weighted by atomic mass is 10.3. The molecule has 0 fully saturated rings. The average molecular weight is 330 g/mol. The van der Waals surface area contributed by atoms with E-state index in [4.69, 9.17) is 0 Å². The molecule has 3 heteroatoms. The fourth-order valence-electron chi connectivity index (χ4n) is 1.14. The largest absolute Gasteiger partial charge is 0.207 e. The van der Waals surface area contributed by atoms with Gasteiger partial charge in [-0.3, -0.25) is 0 Å². The van der Waals surface area contributed by atoms with Crippen LogP contribution in [0.25, 0.3) is 0 Å². The van der Waals surface area contributed by atoms with Crippen LogP contribution >= 0.6 is 34.4 Å². The smallest absolute Gasteiger partial charge is 0.123 e. The lowest BCUT2D eigenvalue weighted by Gasteiger charge is -2.01. The second-order valence-corrected chi connectivity index (χ2v) is 5.40. The molecule has 0 saturated carbocycles. The SMILES string of the molecule is Fc1ccc(Sc2ccc(I)cc2)cc1. The van der Waals surface area contributed by atoms with Crippen molar-refractivity contribution in [3.63, 3.8) is 0 Å². The Morgan fingerprint density at radius 1 is 0.800 bits per heavy atom. The van der Waals surface area contributed by atoms with Crippen LogP contribution in [0.3, 0.4) is 0 Å². The molecule has 0 aromatic heterocycles. The lowest BCUT2D eigenvalue weighted by molar-refractivity contribution is 0.626. The van der Waals surface area contributed by atoms with Gasteiger partial charge in [0.05, 0.1) is 0 Å². The van der Waals surface area contributed by atoms with Crippen LogP contribution in [0.15, 0.2) is 58.3 Å². The van der Waals surface area contributed by atoms with E-state index >= 15 is 0 Å². The summed E-state index contributed by atoms with van der Waals surface area (Å²) in [6.45, 7) is 0. The Balaban J connectivity index is 2.15. The summed E-state index contributed by atoms with van der Waals surface area (Å²) in [7, 11) is 0. The van der Waals surface area contributed by atoms with Gasteiger partial charge in [-0.05, 0) is 71.1 Å². The maximum Gasteiger partial charge on any atom is 0.123 e. The molecule has 15 heavy (non-hydrogen) atoms. The minimum Gasteiger partial charge on any atom is -0.207 e. The zero-order valence-corrected chi connectivity index (χ0v) is 10.8. The van der Waals surface area contributed by atoms with Gasteiger partial charge in [0.15, 0.2) is 0 Å². The maximum atomic E-state index is 12.7. The maximum absolute atomic E-state index is 12.7. The van der Waals surface area contributed by atoms with E-state index in [1.807, 2.05) is 0 Å². The summed E-state index contributed by atoms with van der Waals surface area (Å²) < 4.78 is 13.9. The fourth-order valence-corrected chi connectivity index (χ4v) is 2.32.